The zero-order valence-electron chi connectivity index (χ0n) is 9.08. The van der Waals surface area contributed by atoms with Crippen LogP contribution in [0, 0.1) is 5.92 Å². The first-order valence-corrected chi connectivity index (χ1v) is 5.78. The Labute approximate surface area is 91.3 Å². The normalized spacial score (nSPS) is 15.5. The fourth-order valence-electron chi connectivity index (χ4n) is 1.71. The summed E-state index contributed by atoms with van der Waals surface area (Å²) in [7, 11) is 0. The Hall–Kier alpha value is -0.860. The van der Waals surface area contributed by atoms with Crippen LogP contribution in [0.15, 0.2) is 24.3 Å². The molecule has 0 amide bonds. The van der Waals surface area contributed by atoms with E-state index in [2.05, 4.69) is 17.4 Å². The second kappa shape index (κ2) is 5.29. The lowest BCUT2D eigenvalue weighted by atomic mass is 10.1. The van der Waals surface area contributed by atoms with Crippen LogP contribution in [0.5, 0.6) is 0 Å². The van der Waals surface area contributed by atoms with Crippen molar-refractivity contribution in [1.82, 2.24) is 5.32 Å². The van der Waals surface area contributed by atoms with E-state index in [1.54, 1.807) is 0 Å². The van der Waals surface area contributed by atoms with Gasteiger partial charge in [-0.25, -0.2) is 0 Å². The van der Waals surface area contributed by atoms with Crippen LogP contribution in [-0.2, 0) is 13.2 Å². The van der Waals surface area contributed by atoms with Gasteiger partial charge in [0.25, 0.3) is 0 Å². The summed E-state index contributed by atoms with van der Waals surface area (Å²) in [5.41, 5.74) is 2.28. The van der Waals surface area contributed by atoms with E-state index in [0.717, 1.165) is 24.6 Å². The lowest BCUT2D eigenvalue weighted by Crippen LogP contribution is -2.15. The molecule has 2 nitrogen and oxygen atoms in total. The third kappa shape index (κ3) is 3.65. The molecule has 15 heavy (non-hydrogen) atoms. The van der Waals surface area contributed by atoms with Crippen molar-refractivity contribution in [2.75, 3.05) is 6.54 Å². The predicted octanol–water partition coefficient (Wildman–Crippen LogP) is 2.07. The summed E-state index contributed by atoms with van der Waals surface area (Å²) in [6.07, 6.45) is 4.20. The zero-order valence-corrected chi connectivity index (χ0v) is 9.08. The van der Waals surface area contributed by atoms with Crippen LogP contribution in [0.4, 0.5) is 0 Å². The summed E-state index contributed by atoms with van der Waals surface area (Å²) < 4.78 is 0. The van der Waals surface area contributed by atoms with Crippen molar-refractivity contribution in [3.8, 4) is 0 Å². The average Bonchev–Trinajstić information content (AvgIpc) is 3.09. The number of aliphatic hydroxyl groups excluding tert-OH is 1. The van der Waals surface area contributed by atoms with E-state index in [-0.39, 0.29) is 6.61 Å². The lowest BCUT2D eigenvalue weighted by Gasteiger charge is -2.04. The molecule has 2 rings (SSSR count). The molecule has 0 aliphatic heterocycles. The van der Waals surface area contributed by atoms with Gasteiger partial charge in [0.15, 0.2) is 0 Å². The molecule has 2 N–H and O–H groups in total. The summed E-state index contributed by atoms with van der Waals surface area (Å²) >= 11 is 0. The van der Waals surface area contributed by atoms with E-state index in [1.807, 2.05) is 12.1 Å². The summed E-state index contributed by atoms with van der Waals surface area (Å²) in [5.74, 6) is 1.01. The highest BCUT2D eigenvalue weighted by Crippen LogP contribution is 2.31. The Kier molecular flexibility index (Phi) is 3.75. The van der Waals surface area contributed by atoms with Crippen LogP contribution in [0.1, 0.15) is 30.4 Å². The fraction of sp³-hybridized carbons (Fsp3) is 0.538. The van der Waals surface area contributed by atoms with Gasteiger partial charge in [-0.15, -0.1) is 0 Å². The first-order valence-electron chi connectivity index (χ1n) is 5.78. The van der Waals surface area contributed by atoms with Crippen molar-refractivity contribution in [1.29, 1.82) is 0 Å². The van der Waals surface area contributed by atoms with E-state index in [4.69, 9.17) is 5.11 Å². The third-order valence-corrected chi connectivity index (χ3v) is 2.96. The third-order valence-electron chi connectivity index (χ3n) is 2.96. The van der Waals surface area contributed by atoms with Crippen molar-refractivity contribution >= 4 is 0 Å². The second-order valence-electron chi connectivity index (χ2n) is 4.38. The van der Waals surface area contributed by atoms with Crippen molar-refractivity contribution in [2.45, 2.75) is 32.4 Å². The van der Waals surface area contributed by atoms with Gasteiger partial charge in [-0.3, -0.25) is 0 Å². The van der Waals surface area contributed by atoms with Gasteiger partial charge in [0.2, 0.25) is 0 Å². The first kappa shape index (κ1) is 10.7. The minimum absolute atomic E-state index is 0.134. The van der Waals surface area contributed by atoms with Crippen LogP contribution in [0.2, 0.25) is 0 Å². The lowest BCUT2D eigenvalue weighted by molar-refractivity contribution is 0.282. The smallest absolute Gasteiger partial charge is 0.0681 e. The zero-order chi connectivity index (χ0) is 10.5. The van der Waals surface area contributed by atoms with Gasteiger partial charge < -0.3 is 10.4 Å². The van der Waals surface area contributed by atoms with Crippen molar-refractivity contribution in [3.63, 3.8) is 0 Å². The van der Waals surface area contributed by atoms with Crippen molar-refractivity contribution in [2.24, 2.45) is 5.92 Å². The molecule has 0 radical (unpaired) electrons. The molecule has 1 saturated carbocycles. The average molecular weight is 205 g/mol. The van der Waals surface area contributed by atoms with Gasteiger partial charge in [-0.05, 0) is 30.0 Å². The fourth-order valence-corrected chi connectivity index (χ4v) is 1.71. The number of rotatable bonds is 6. The molecule has 2 heteroatoms. The standard InChI is InChI=1S/C13H19NO/c15-10-13-5-3-12(4-6-13)9-14-8-7-11-1-2-11/h3-6,11,14-15H,1-2,7-10H2. The molecule has 1 aliphatic carbocycles. The quantitative estimate of drug-likeness (QED) is 0.697. The number of nitrogens with one attached hydrogen (secondary N) is 1. The van der Waals surface area contributed by atoms with E-state index < -0.39 is 0 Å². The largest absolute Gasteiger partial charge is 0.392 e. The van der Waals surface area contributed by atoms with E-state index >= 15 is 0 Å². The van der Waals surface area contributed by atoms with Gasteiger partial charge in [0, 0.05) is 6.54 Å². The Balaban J connectivity index is 1.67. The maximum Gasteiger partial charge on any atom is 0.0681 e. The number of benzene rings is 1. The van der Waals surface area contributed by atoms with Crippen molar-refractivity contribution in [3.05, 3.63) is 35.4 Å². The van der Waals surface area contributed by atoms with Crippen LogP contribution in [-0.4, -0.2) is 11.7 Å². The summed E-state index contributed by atoms with van der Waals surface area (Å²) in [6.45, 7) is 2.21. The molecule has 0 aromatic heterocycles. The molecule has 1 fully saturated rings. The van der Waals surface area contributed by atoms with Crippen LogP contribution in [0.3, 0.4) is 0 Å². The Morgan fingerprint density at radius 1 is 1.13 bits per heavy atom. The first-order chi connectivity index (χ1) is 7.38. The maximum atomic E-state index is 8.89. The Morgan fingerprint density at radius 3 is 2.40 bits per heavy atom. The van der Waals surface area contributed by atoms with E-state index in [9.17, 15) is 0 Å². The highest BCUT2D eigenvalue weighted by atomic mass is 16.3. The summed E-state index contributed by atoms with van der Waals surface area (Å²) in [6, 6.07) is 8.13. The highest BCUT2D eigenvalue weighted by Gasteiger charge is 2.19. The van der Waals surface area contributed by atoms with Crippen LogP contribution in [0.25, 0.3) is 0 Å². The molecule has 82 valence electrons. The van der Waals surface area contributed by atoms with Gasteiger partial charge in [-0.1, -0.05) is 37.1 Å². The topological polar surface area (TPSA) is 32.3 Å². The van der Waals surface area contributed by atoms with Crippen LogP contribution < -0.4 is 5.32 Å². The minimum Gasteiger partial charge on any atom is -0.392 e. The van der Waals surface area contributed by atoms with Gasteiger partial charge >= 0.3 is 0 Å². The highest BCUT2D eigenvalue weighted by molar-refractivity contribution is 5.21. The predicted molar refractivity (Wildman–Crippen MR) is 61.4 cm³/mol. The SMILES string of the molecule is OCc1ccc(CNCCC2CC2)cc1. The van der Waals surface area contributed by atoms with Gasteiger partial charge in [0.05, 0.1) is 6.61 Å². The Bertz CT molecular complexity index is 290. The molecule has 1 aromatic rings. The molecule has 0 atom stereocenters. The molecule has 0 unspecified atom stereocenters. The monoisotopic (exact) mass is 205 g/mol. The molecule has 1 aliphatic rings. The van der Waals surface area contributed by atoms with E-state index in [0.29, 0.717) is 0 Å². The number of hydrogen-bond acceptors (Lipinski definition) is 2. The molecule has 0 bridgehead atoms. The molecule has 0 spiro atoms. The minimum atomic E-state index is 0.134. The number of aliphatic hydroxyl groups is 1. The second-order valence-corrected chi connectivity index (χ2v) is 4.38. The summed E-state index contributed by atoms with van der Waals surface area (Å²) in [5, 5.41) is 12.3. The molecule has 0 saturated heterocycles. The van der Waals surface area contributed by atoms with Crippen LogP contribution >= 0.6 is 0 Å². The van der Waals surface area contributed by atoms with Gasteiger partial charge in [-0.2, -0.15) is 0 Å². The molecule has 1 aromatic carbocycles. The molecule has 0 heterocycles. The van der Waals surface area contributed by atoms with Crippen molar-refractivity contribution < 1.29 is 5.11 Å². The van der Waals surface area contributed by atoms with E-state index in [1.165, 1.54) is 24.8 Å². The number of hydrogen-bond donors (Lipinski definition) is 2. The summed E-state index contributed by atoms with van der Waals surface area (Å²) in [4.78, 5) is 0. The Morgan fingerprint density at radius 2 is 1.80 bits per heavy atom. The maximum absolute atomic E-state index is 8.89. The van der Waals surface area contributed by atoms with Gasteiger partial charge in [0.1, 0.15) is 0 Å². The molecular weight excluding hydrogens is 186 g/mol. The molecular formula is C13H19NO.